The Morgan fingerprint density at radius 1 is 1.17 bits per heavy atom. The van der Waals surface area contributed by atoms with Crippen LogP contribution in [0.4, 0.5) is 9.59 Å². The van der Waals surface area contributed by atoms with Gasteiger partial charge < -0.3 is 19.0 Å². The van der Waals surface area contributed by atoms with Crippen LogP contribution in [0, 0.1) is 0 Å². The summed E-state index contributed by atoms with van der Waals surface area (Å²) in [4.78, 5) is 28.7. The van der Waals surface area contributed by atoms with Gasteiger partial charge in [-0.1, -0.05) is 19.3 Å². The molecule has 4 rings (SSSR count). The van der Waals surface area contributed by atoms with Crippen LogP contribution >= 0.6 is 0 Å². The molecule has 1 aromatic rings. The molecule has 0 aromatic carbocycles. The number of fused-ring (bicyclic) bond motifs is 2. The molecule has 36 heavy (non-hydrogen) atoms. The lowest BCUT2D eigenvalue weighted by atomic mass is 9.94. The van der Waals surface area contributed by atoms with Crippen molar-refractivity contribution in [1.29, 1.82) is 0 Å². The zero-order valence-corrected chi connectivity index (χ0v) is 21.8. The highest BCUT2D eigenvalue weighted by molar-refractivity contribution is 7.80. The first-order chi connectivity index (χ1) is 16.9. The molecule has 2 unspecified atom stereocenters. The van der Waals surface area contributed by atoms with E-state index in [-0.39, 0.29) is 24.6 Å². The van der Waals surface area contributed by atoms with Gasteiger partial charge in [-0.25, -0.2) is 9.59 Å². The molecule has 2 atom stereocenters. The smallest absolute Gasteiger partial charge is 0.418 e. The largest absolute Gasteiger partial charge is 0.444 e. The van der Waals surface area contributed by atoms with Crippen molar-refractivity contribution in [3.8, 4) is 0 Å². The van der Waals surface area contributed by atoms with Gasteiger partial charge in [-0.15, -0.1) is 14.5 Å². The molecule has 0 spiro atoms. The monoisotopic (exact) mass is 529 g/mol. The number of hydrogen-bond donors (Lipinski definition) is 1. The molecular weight excluding hydrogens is 494 g/mol. The maximum Gasteiger partial charge on any atom is 0.418 e. The van der Waals surface area contributed by atoms with Crippen LogP contribution in [-0.4, -0.2) is 80.9 Å². The predicted molar refractivity (Wildman–Crippen MR) is 125 cm³/mol. The summed E-state index contributed by atoms with van der Waals surface area (Å²) in [5.41, 5.74) is -0.570. The summed E-state index contributed by atoms with van der Waals surface area (Å²) >= 11 is 0. The van der Waals surface area contributed by atoms with Crippen LogP contribution in [0.3, 0.4) is 0 Å². The Hall–Kier alpha value is -2.45. The number of aryl methyl sites for hydroxylation is 1. The molecular formula is C22H35N5O8S. The van der Waals surface area contributed by atoms with Crippen molar-refractivity contribution in [2.24, 2.45) is 0 Å². The zero-order chi connectivity index (χ0) is 26.1. The fourth-order valence-electron chi connectivity index (χ4n) is 5.13. The third kappa shape index (κ3) is 6.45. The van der Waals surface area contributed by atoms with Gasteiger partial charge in [0.05, 0.1) is 6.04 Å². The molecule has 0 radical (unpaired) electrons. The highest BCUT2D eigenvalue weighted by Crippen LogP contribution is 2.38. The number of carbonyl (C=O) groups is 2. The summed E-state index contributed by atoms with van der Waals surface area (Å²) in [5.74, 6) is 0.666. The number of nitrogens with zero attached hydrogens (tertiary/aromatic N) is 5. The third-order valence-corrected chi connectivity index (χ3v) is 7.05. The van der Waals surface area contributed by atoms with E-state index in [1.54, 1.807) is 0 Å². The second-order valence-electron chi connectivity index (χ2n) is 10.6. The van der Waals surface area contributed by atoms with Gasteiger partial charge in [0.1, 0.15) is 11.6 Å². The minimum absolute atomic E-state index is 0.163. The number of urea groups is 1. The number of carbonyl (C=O) groups excluding carboxylic acids is 2. The first-order valence-corrected chi connectivity index (χ1v) is 13.9. The lowest BCUT2D eigenvalue weighted by Crippen LogP contribution is -2.44. The number of hydrogen-bond acceptors (Lipinski definition) is 9. The number of hydroxylamine groups is 2. The van der Waals surface area contributed by atoms with E-state index in [1.807, 2.05) is 25.7 Å². The fraction of sp³-hybridized carbons (Fsp3) is 0.818. The molecule has 1 N–H and O–H groups in total. The molecule has 2 bridgehead atoms. The predicted octanol–water partition coefficient (Wildman–Crippen LogP) is 3.25. The Bertz CT molecular complexity index is 1050. The number of aromatic nitrogens is 2. The van der Waals surface area contributed by atoms with Crippen molar-refractivity contribution in [1.82, 2.24) is 25.1 Å². The first kappa shape index (κ1) is 26.6. The molecule has 2 aliphatic heterocycles. The molecule has 2 saturated heterocycles. The minimum atomic E-state index is -4.81. The van der Waals surface area contributed by atoms with Gasteiger partial charge in [0.2, 0.25) is 11.8 Å². The Balaban J connectivity index is 1.35. The van der Waals surface area contributed by atoms with Crippen LogP contribution in [0.1, 0.15) is 90.0 Å². The summed E-state index contributed by atoms with van der Waals surface area (Å²) in [5, 5.41) is 8.92. The van der Waals surface area contributed by atoms with E-state index in [4.69, 9.17) is 13.7 Å². The van der Waals surface area contributed by atoms with Crippen molar-refractivity contribution in [2.75, 3.05) is 13.1 Å². The normalized spacial score (nSPS) is 23.3. The molecule has 14 heteroatoms. The lowest BCUT2D eigenvalue weighted by Gasteiger charge is -2.35. The maximum absolute atomic E-state index is 12.9. The van der Waals surface area contributed by atoms with Crippen molar-refractivity contribution in [2.45, 2.75) is 102 Å². The molecule has 1 aromatic heterocycles. The molecule has 3 fully saturated rings. The summed E-state index contributed by atoms with van der Waals surface area (Å²) in [6.45, 7) is 6.31. The van der Waals surface area contributed by atoms with Crippen molar-refractivity contribution in [3.63, 3.8) is 0 Å². The molecule has 3 aliphatic rings. The van der Waals surface area contributed by atoms with E-state index < -0.39 is 34.1 Å². The molecule has 1 aliphatic carbocycles. The Kier molecular flexibility index (Phi) is 7.76. The highest BCUT2D eigenvalue weighted by atomic mass is 32.3. The molecule has 13 nitrogen and oxygen atoms in total. The summed E-state index contributed by atoms with van der Waals surface area (Å²) in [6, 6.07) is -1.52. The topological polar surface area (TPSA) is 156 Å². The minimum Gasteiger partial charge on any atom is -0.444 e. The van der Waals surface area contributed by atoms with Crippen LogP contribution in [0.15, 0.2) is 4.42 Å². The van der Waals surface area contributed by atoms with Crippen LogP contribution in [-0.2, 0) is 25.8 Å². The summed E-state index contributed by atoms with van der Waals surface area (Å²) < 4.78 is 47.1. The van der Waals surface area contributed by atoms with Gasteiger partial charge >= 0.3 is 22.5 Å². The zero-order valence-electron chi connectivity index (χ0n) is 21.0. The summed E-state index contributed by atoms with van der Waals surface area (Å²) in [7, 11) is -4.81. The molecule has 3 amide bonds. The van der Waals surface area contributed by atoms with Gasteiger partial charge in [0.15, 0.2) is 0 Å². The second kappa shape index (κ2) is 10.5. The average molecular weight is 530 g/mol. The standard InChI is InChI=1S/C22H35N5O8S/c1-22(2,3)34-21(29)25(15-8-5-4-6-9-15)13-7-10-18-23-24-19(33-18)17-12-11-16-14-26(17)20(28)27(16)35-36(30,31)32/h15-17H,4-14H2,1-3H3,(H,30,31,32). The lowest BCUT2D eigenvalue weighted by molar-refractivity contribution is -0.0317. The number of amides is 3. The highest BCUT2D eigenvalue weighted by Gasteiger charge is 2.49. The molecule has 1 saturated carbocycles. The van der Waals surface area contributed by atoms with E-state index in [2.05, 4.69) is 14.5 Å². The Morgan fingerprint density at radius 2 is 1.89 bits per heavy atom. The van der Waals surface area contributed by atoms with Gasteiger partial charge in [-0.2, -0.15) is 13.5 Å². The Labute approximate surface area is 211 Å². The average Bonchev–Trinajstić information content (AvgIpc) is 3.35. The number of ether oxygens (including phenoxy) is 1. The van der Waals surface area contributed by atoms with Gasteiger partial charge in [-0.05, 0) is 52.9 Å². The SMILES string of the molecule is CC(C)(C)OC(=O)N(CCCc1nnc(C2CCC3CN2C(=O)N3OS(=O)(=O)O)o1)C1CCCCC1. The van der Waals surface area contributed by atoms with Crippen molar-refractivity contribution >= 4 is 22.5 Å². The van der Waals surface area contributed by atoms with Gasteiger partial charge in [0, 0.05) is 25.6 Å². The first-order valence-electron chi connectivity index (χ1n) is 12.5. The summed E-state index contributed by atoms with van der Waals surface area (Å²) in [6.07, 6.45) is 7.02. The van der Waals surface area contributed by atoms with E-state index in [1.165, 1.54) is 11.3 Å². The van der Waals surface area contributed by atoms with E-state index >= 15 is 0 Å². The van der Waals surface area contributed by atoms with Gasteiger partial charge in [0.25, 0.3) is 0 Å². The van der Waals surface area contributed by atoms with Crippen molar-refractivity contribution in [3.05, 3.63) is 11.8 Å². The number of piperidine rings is 1. The van der Waals surface area contributed by atoms with E-state index in [0.29, 0.717) is 43.2 Å². The van der Waals surface area contributed by atoms with Gasteiger partial charge in [-0.3, -0.25) is 4.55 Å². The van der Waals surface area contributed by atoms with E-state index in [9.17, 15) is 18.0 Å². The van der Waals surface area contributed by atoms with Crippen LogP contribution in [0.2, 0.25) is 0 Å². The Morgan fingerprint density at radius 3 is 2.56 bits per heavy atom. The fourth-order valence-corrected chi connectivity index (χ4v) is 5.52. The van der Waals surface area contributed by atoms with Crippen LogP contribution in [0.5, 0.6) is 0 Å². The van der Waals surface area contributed by atoms with E-state index in [0.717, 1.165) is 25.7 Å². The third-order valence-electron chi connectivity index (χ3n) is 6.70. The van der Waals surface area contributed by atoms with Crippen LogP contribution < -0.4 is 0 Å². The van der Waals surface area contributed by atoms with Crippen molar-refractivity contribution < 1.29 is 36.0 Å². The number of rotatable bonds is 8. The van der Waals surface area contributed by atoms with Crippen LogP contribution in [0.25, 0.3) is 0 Å². The molecule has 3 heterocycles. The maximum atomic E-state index is 12.9. The quantitative estimate of drug-likeness (QED) is 0.496. The second-order valence-corrected chi connectivity index (χ2v) is 11.6. The molecule has 202 valence electrons.